The zero-order valence-electron chi connectivity index (χ0n) is 6.30. The Labute approximate surface area is 68.6 Å². The molecule has 0 aliphatic carbocycles. The Morgan fingerprint density at radius 3 is 2.50 bits per heavy atom. The van der Waals surface area contributed by atoms with Crippen LogP contribution in [0.4, 0.5) is 8.78 Å². The molecule has 0 unspecified atom stereocenters. The molecular formula is C8H9F2NO. The molecule has 0 bridgehead atoms. The van der Waals surface area contributed by atoms with Crippen LogP contribution in [-0.4, -0.2) is 11.7 Å². The van der Waals surface area contributed by atoms with Crippen LogP contribution in [0, 0.1) is 11.6 Å². The van der Waals surface area contributed by atoms with Crippen LogP contribution in [0.15, 0.2) is 18.2 Å². The van der Waals surface area contributed by atoms with E-state index in [1.54, 1.807) is 0 Å². The van der Waals surface area contributed by atoms with Crippen molar-refractivity contribution in [1.29, 1.82) is 0 Å². The Morgan fingerprint density at radius 1 is 1.33 bits per heavy atom. The highest BCUT2D eigenvalue weighted by molar-refractivity contribution is 5.20. The van der Waals surface area contributed by atoms with E-state index in [2.05, 4.69) is 0 Å². The van der Waals surface area contributed by atoms with Crippen molar-refractivity contribution in [1.82, 2.24) is 0 Å². The molecule has 4 heteroatoms. The zero-order chi connectivity index (χ0) is 9.14. The lowest BCUT2D eigenvalue weighted by atomic mass is 10.1. The first-order chi connectivity index (χ1) is 5.65. The number of halogens is 2. The van der Waals surface area contributed by atoms with Gasteiger partial charge in [0.25, 0.3) is 0 Å². The molecule has 12 heavy (non-hydrogen) atoms. The number of hydrogen-bond acceptors (Lipinski definition) is 2. The van der Waals surface area contributed by atoms with Crippen molar-refractivity contribution in [2.45, 2.75) is 6.10 Å². The fraction of sp³-hybridized carbons (Fsp3) is 0.250. The van der Waals surface area contributed by atoms with E-state index in [0.717, 1.165) is 12.1 Å². The summed E-state index contributed by atoms with van der Waals surface area (Å²) in [5, 5.41) is 9.13. The minimum atomic E-state index is -0.972. The quantitative estimate of drug-likeness (QED) is 0.699. The third kappa shape index (κ3) is 1.78. The molecule has 0 aliphatic heterocycles. The summed E-state index contributed by atoms with van der Waals surface area (Å²) in [6.45, 7) is -0.00886. The molecule has 66 valence electrons. The first-order valence-electron chi connectivity index (χ1n) is 3.48. The molecule has 0 heterocycles. The van der Waals surface area contributed by atoms with E-state index < -0.39 is 17.7 Å². The molecule has 0 aliphatic rings. The summed E-state index contributed by atoms with van der Waals surface area (Å²) in [7, 11) is 0. The molecular weight excluding hydrogens is 164 g/mol. The van der Waals surface area contributed by atoms with Crippen molar-refractivity contribution < 1.29 is 13.9 Å². The summed E-state index contributed by atoms with van der Waals surface area (Å²) in [6, 6.07) is 3.20. The van der Waals surface area contributed by atoms with Crippen molar-refractivity contribution in [3.63, 3.8) is 0 Å². The Morgan fingerprint density at radius 2 is 2.00 bits per heavy atom. The Balaban J connectivity index is 2.96. The van der Waals surface area contributed by atoms with Crippen LogP contribution in [0.2, 0.25) is 0 Å². The molecule has 0 saturated carbocycles. The van der Waals surface area contributed by atoms with Gasteiger partial charge in [-0.15, -0.1) is 0 Å². The summed E-state index contributed by atoms with van der Waals surface area (Å²) in [4.78, 5) is 0. The molecule has 1 aromatic carbocycles. The van der Waals surface area contributed by atoms with Gasteiger partial charge in [0, 0.05) is 6.54 Å². The lowest BCUT2D eigenvalue weighted by molar-refractivity contribution is 0.186. The van der Waals surface area contributed by atoms with E-state index in [9.17, 15) is 8.78 Å². The van der Waals surface area contributed by atoms with Gasteiger partial charge in [0.15, 0.2) is 11.6 Å². The molecule has 0 amide bonds. The Hall–Kier alpha value is -1.00. The van der Waals surface area contributed by atoms with Crippen LogP contribution in [0.3, 0.4) is 0 Å². The minimum absolute atomic E-state index is 0.00886. The summed E-state index contributed by atoms with van der Waals surface area (Å²) in [5.41, 5.74) is 5.41. The van der Waals surface area contributed by atoms with E-state index in [1.165, 1.54) is 6.07 Å². The van der Waals surface area contributed by atoms with E-state index >= 15 is 0 Å². The van der Waals surface area contributed by atoms with Gasteiger partial charge in [0.05, 0.1) is 6.10 Å². The average molecular weight is 173 g/mol. The standard InChI is InChI=1S/C8H9F2NO/c9-6-2-1-5(3-7(6)10)8(12)4-11/h1-3,8,12H,4,11H2/t8-/m0/s1. The van der Waals surface area contributed by atoms with Gasteiger partial charge in [-0.2, -0.15) is 0 Å². The van der Waals surface area contributed by atoms with E-state index in [0.29, 0.717) is 0 Å². The summed E-state index contributed by atoms with van der Waals surface area (Å²) in [5.74, 6) is -1.90. The second-order valence-electron chi connectivity index (χ2n) is 2.43. The van der Waals surface area contributed by atoms with Crippen molar-refractivity contribution >= 4 is 0 Å². The molecule has 2 nitrogen and oxygen atoms in total. The Kier molecular flexibility index (Phi) is 2.73. The topological polar surface area (TPSA) is 46.2 Å². The van der Waals surface area contributed by atoms with Gasteiger partial charge in [-0.25, -0.2) is 8.78 Å². The fourth-order valence-electron chi connectivity index (χ4n) is 0.856. The van der Waals surface area contributed by atoms with E-state index in [4.69, 9.17) is 10.8 Å². The molecule has 0 radical (unpaired) electrons. The van der Waals surface area contributed by atoms with Crippen molar-refractivity contribution in [3.05, 3.63) is 35.4 Å². The highest BCUT2D eigenvalue weighted by atomic mass is 19.2. The van der Waals surface area contributed by atoms with Gasteiger partial charge in [0.2, 0.25) is 0 Å². The molecule has 3 N–H and O–H groups in total. The molecule has 0 fully saturated rings. The van der Waals surface area contributed by atoms with Crippen LogP contribution in [0.1, 0.15) is 11.7 Å². The third-order valence-corrected chi connectivity index (χ3v) is 1.55. The number of rotatable bonds is 2. The minimum Gasteiger partial charge on any atom is -0.387 e. The number of benzene rings is 1. The molecule has 0 saturated heterocycles. The first kappa shape index (κ1) is 9.09. The first-order valence-corrected chi connectivity index (χ1v) is 3.48. The highest BCUT2D eigenvalue weighted by Gasteiger charge is 2.08. The SMILES string of the molecule is NC[C@H](O)c1ccc(F)c(F)c1. The van der Waals surface area contributed by atoms with Crippen molar-refractivity contribution in [2.24, 2.45) is 5.73 Å². The summed E-state index contributed by atoms with van der Waals surface area (Å²) in [6.07, 6.45) is -0.930. The van der Waals surface area contributed by atoms with Gasteiger partial charge in [-0.05, 0) is 17.7 Å². The van der Waals surface area contributed by atoms with Gasteiger partial charge in [-0.1, -0.05) is 6.07 Å². The van der Waals surface area contributed by atoms with Gasteiger partial charge >= 0.3 is 0 Å². The maximum Gasteiger partial charge on any atom is 0.159 e. The smallest absolute Gasteiger partial charge is 0.159 e. The van der Waals surface area contributed by atoms with Gasteiger partial charge in [0.1, 0.15) is 0 Å². The molecule has 0 aromatic heterocycles. The summed E-state index contributed by atoms with van der Waals surface area (Å²) < 4.78 is 24.9. The Bertz CT molecular complexity index is 278. The number of nitrogens with two attached hydrogens (primary N) is 1. The maximum absolute atomic E-state index is 12.5. The molecule has 1 atom stereocenters. The number of aliphatic hydroxyl groups is 1. The van der Waals surface area contributed by atoms with Crippen molar-refractivity contribution in [3.8, 4) is 0 Å². The largest absolute Gasteiger partial charge is 0.387 e. The summed E-state index contributed by atoms with van der Waals surface area (Å²) >= 11 is 0. The predicted octanol–water partition coefficient (Wildman–Crippen LogP) is 0.957. The second kappa shape index (κ2) is 3.60. The maximum atomic E-state index is 12.5. The van der Waals surface area contributed by atoms with Crippen LogP contribution in [0.5, 0.6) is 0 Å². The van der Waals surface area contributed by atoms with Crippen LogP contribution in [-0.2, 0) is 0 Å². The molecule has 1 rings (SSSR count). The number of aliphatic hydroxyl groups excluding tert-OH is 1. The fourth-order valence-corrected chi connectivity index (χ4v) is 0.856. The van der Waals surface area contributed by atoms with E-state index in [-0.39, 0.29) is 12.1 Å². The number of hydrogen-bond donors (Lipinski definition) is 2. The lowest BCUT2D eigenvalue weighted by Crippen LogP contribution is -2.11. The van der Waals surface area contributed by atoms with Crippen LogP contribution >= 0.6 is 0 Å². The van der Waals surface area contributed by atoms with Gasteiger partial charge < -0.3 is 10.8 Å². The van der Waals surface area contributed by atoms with Crippen LogP contribution < -0.4 is 5.73 Å². The normalized spacial score (nSPS) is 13.0. The average Bonchev–Trinajstić information content (AvgIpc) is 2.08. The monoisotopic (exact) mass is 173 g/mol. The van der Waals surface area contributed by atoms with E-state index in [1.807, 2.05) is 0 Å². The molecule has 1 aromatic rings. The van der Waals surface area contributed by atoms with Crippen LogP contribution in [0.25, 0.3) is 0 Å². The van der Waals surface area contributed by atoms with Gasteiger partial charge in [-0.3, -0.25) is 0 Å². The van der Waals surface area contributed by atoms with Crippen molar-refractivity contribution in [2.75, 3.05) is 6.54 Å². The zero-order valence-corrected chi connectivity index (χ0v) is 6.30. The third-order valence-electron chi connectivity index (χ3n) is 1.55. The highest BCUT2D eigenvalue weighted by Crippen LogP contribution is 2.14. The second-order valence-corrected chi connectivity index (χ2v) is 2.43. The lowest BCUT2D eigenvalue weighted by Gasteiger charge is -2.07. The molecule has 0 spiro atoms. The predicted molar refractivity (Wildman–Crippen MR) is 40.4 cm³/mol.